The Kier molecular flexibility index (Phi) is 8.52. The first-order chi connectivity index (χ1) is 29.2. The number of nitrogens with zero attached hydrogens (tertiary/aromatic N) is 4. The summed E-state index contributed by atoms with van der Waals surface area (Å²) in [5, 5.41) is 8.88. The van der Waals surface area contributed by atoms with E-state index in [1.54, 1.807) is 0 Å². The fraction of sp³-hybridized carbons (Fsp3) is 0.0182. The van der Waals surface area contributed by atoms with Gasteiger partial charge in [-0.1, -0.05) is 200 Å². The quantitative estimate of drug-likeness (QED) is 0.160. The number of benzene rings is 8. The smallest absolute Gasteiger partial charge is 0.0956 e. The van der Waals surface area contributed by atoms with Crippen molar-refractivity contribution in [1.82, 2.24) is 9.55 Å². The summed E-state index contributed by atoms with van der Waals surface area (Å²) in [6.45, 7) is 0. The topological polar surface area (TPSA) is 44.3 Å². The minimum Gasteiger partial charge on any atom is -0.454 e. The van der Waals surface area contributed by atoms with Crippen molar-refractivity contribution < 1.29 is 0 Å². The molecule has 1 aliphatic heterocycles. The van der Waals surface area contributed by atoms with Gasteiger partial charge in [0.25, 0.3) is 0 Å². The zero-order valence-electron chi connectivity index (χ0n) is 32.2. The van der Waals surface area contributed by atoms with Gasteiger partial charge in [-0.3, -0.25) is 0 Å². The van der Waals surface area contributed by atoms with E-state index in [0.29, 0.717) is 5.84 Å². The number of hydrogen-bond acceptors (Lipinski definition) is 2. The van der Waals surface area contributed by atoms with Crippen LogP contribution in [0.1, 0.15) is 22.7 Å². The molecule has 0 N–H and O–H groups in total. The molecule has 4 heteroatoms. The van der Waals surface area contributed by atoms with Gasteiger partial charge in [0, 0.05) is 33.5 Å². The lowest BCUT2D eigenvalue weighted by Gasteiger charge is -2.33. The minimum atomic E-state index is -0.228. The van der Waals surface area contributed by atoms with Crippen molar-refractivity contribution >= 4 is 44.2 Å². The molecule has 59 heavy (non-hydrogen) atoms. The predicted octanol–water partition coefficient (Wildman–Crippen LogP) is 14.2. The Morgan fingerprint density at radius 2 is 0.983 bits per heavy atom. The number of rotatable bonds is 7. The zero-order valence-corrected chi connectivity index (χ0v) is 32.2. The summed E-state index contributed by atoms with van der Waals surface area (Å²) in [5.74, 6) is 0.696. The first kappa shape index (κ1) is 34.4. The highest BCUT2D eigenvalue weighted by Gasteiger charge is 2.21. The molecule has 0 radical (unpaired) electrons. The number of aromatic nitrogens is 2. The van der Waals surface area contributed by atoms with Gasteiger partial charge in [-0.15, -0.1) is 0 Å². The van der Waals surface area contributed by atoms with Crippen molar-refractivity contribution in [2.45, 2.75) is 6.04 Å². The third kappa shape index (κ3) is 6.28. The van der Waals surface area contributed by atoms with Gasteiger partial charge in [-0.25, -0.2) is 4.98 Å². The van der Waals surface area contributed by atoms with Crippen LogP contribution in [0.2, 0.25) is 0 Å². The van der Waals surface area contributed by atoms with Crippen LogP contribution in [0.25, 0.3) is 82.9 Å². The molecule has 278 valence electrons. The molecule has 0 spiro atoms. The van der Waals surface area contributed by atoms with E-state index in [1.807, 2.05) is 6.07 Å². The molecule has 3 heterocycles. The van der Waals surface area contributed by atoms with Crippen molar-refractivity contribution in [1.29, 1.82) is 0 Å². The number of hydrogen-bond donors (Lipinski definition) is 0. The predicted molar refractivity (Wildman–Crippen MR) is 246 cm³/mol. The zero-order chi connectivity index (χ0) is 39.1. The SMILES string of the molecule is C1=C(c2ccc(-c3ccccc3)cc2)N=C(c2cccc(-n3c4ccccc4c4c5ccccc5nc(-c5ccccc5)c43)c2)[N-]C1c1ccc(-c2ccccc2)cc1. The summed E-state index contributed by atoms with van der Waals surface area (Å²) in [5.41, 5.74) is 14.9. The van der Waals surface area contributed by atoms with E-state index >= 15 is 0 Å². The molecule has 1 unspecified atom stereocenters. The number of fused-ring (bicyclic) bond motifs is 5. The number of para-hydroxylation sites is 2. The van der Waals surface area contributed by atoms with E-state index < -0.39 is 0 Å². The second-order valence-corrected chi connectivity index (χ2v) is 15.0. The van der Waals surface area contributed by atoms with Crippen LogP contribution in [-0.2, 0) is 0 Å². The summed E-state index contributed by atoms with van der Waals surface area (Å²) >= 11 is 0. The summed E-state index contributed by atoms with van der Waals surface area (Å²) < 4.78 is 2.37. The summed E-state index contributed by atoms with van der Waals surface area (Å²) in [7, 11) is 0. The molecule has 10 aromatic rings. The third-order valence-corrected chi connectivity index (χ3v) is 11.4. The van der Waals surface area contributed by atoms with Gasteiger partial charge < -0.3 is 14.9 Å². The van der Waals surface area contributed by atoms with Crippen molar-refractivity contribution in [2.75, 3.05) is 0 Å². The van der Waals surface area contributed by atoms with Gasteiger partial charge in [0.05, 0.1) is 22.2 Å². The van der Waals surface area contributed by atoms with Crippen LogP contribution in [0.15, 0.2) is 223 Å². The first-order valence-corrected chi connectivity index (χ1v) is 20.1. The molecule has 2 aromatic heterocycles. The molecular formula is C55H37N4-. The Hall–Kier alpha value is -7.82. The number of aliphatic imine (C=N–C) groups is 1. The van der Waals surface area contributed by atoms with Gasteiger partial charge >= 0.3 is 0 Å². The van der Waals surface area contributed by atoms with Gasteiger partial charge in [0.1, 0.15) is 0 Å². The van der Waals surface area contributed by atoms with E-state index in [0.717, 1.165) is 61.3 Å². The van der Waals surface area contributed by atoms with Gasteiger partial charge in [0.2, 0.25) is 0 Å². The molecule has 1 aliphatic rings. The Morgan fingerprint density at radius 3 is 1.68 bits per heavy atom. The van der Waals surface area contributed by atoms with E-state index in [-0.39, 0.29) is 6.04 Å². The molecule has 11 rings (SSSR count). The van der Waals surface area contributed by atoms with Crippen molar-refractivity contribution in [3.63, 3.8) is 0 Å². The fourth-order valence-electron chi connectivity index (χ4n) is 8.48. The first-order valence-electron chi connectivity index (χ1n) is 20.1. The number of pyridine rings is 1. The molecule has 0 saturated heterocycles. The molecule has 0 bridgehead atoms. The molecule has 0 saturated carbocycles. The molecule has 0 fully saturated rings. The maximum atomic E-state index is 5.37. The van der Waals surface area contributed by atoms with Gasteiger partial charge in [-0.2, -0.15) is 0 Å². The molecule has 4 nitrogen and oxygen atoms in total. The van der Waals surface area contributed by atoms with Crippen LogP contribution in [0.3, 0.4) is 0 Å². The Labute approximate surface area is 343 Å². The maximum absolute atomic E-state index is 5.37. The van der Waals surface area contributed by atoms with Crippen molar-refractivity contribution in [3.05, 3.63) is 240 Å². The third-order valence-electron chi connectivity index (χ3n) is 11.4. The van der Waals surface area contributed by atoms with E-state index in [9.17, 15) is 0 Å². The van der Waals surface area contributed by atoms with Crippen molar-refractivity contribution in [3.8, 4) is 39.2 Å². The lowest BCUT2D eigenvalue weighted by Crippen LogP contribution is -2.11. The summed E-state index contributed by atoms with van der Waals surface area (Å²) in [6.07, 6.45) is 2.19. The van der Waals surface area contributed by atoms with Crippen LogP contribution in [0.4, 0.5) is 0 Å². The van der Waals surface area contributed by atoms with Crippen molar-refractivity contribution in [2.24, 2.45) is 4.99 Å². The van der Waals surface area contributed by atoms with Crippen LogP contribution in [0, 0.1) is 0 Å². The van der Waals surface area contributed by atoms with Crippen LogP contribution < -0.4 is 0 Å². The normalized spacial score (nSPS) is 13.9. The average molecular weight is 754 g/mol. The standard InChI is InChI=1S/C55H37N4/c1-4-15-37(16-5-1)39-27-31-41(32-28-39)49-36-50(42-33-29-40(30-34-42)38-17-6-2-7-18-38)58-55(57-49)44-21-14-22-45(35-44)59-51-26-13-11-24-47(51)52-46-23-10-12-25-48(46)56-53(54(52)59)43-19-8-3-9-20-43/h1-36,49H/q-1. The van der Waals surface area contributed by atoms with Gasteiger partial charge in [0.15, 0.2) is 0 Å². The van der Waals surface area contributed by atoms with Crippen LogP contribution in [0.5, 0.6) is 0 Å². The Bertz CT molecular complexity index is 3200. The minimum absolute atomic E-state index is 0.228. The molecule has 1 atom stereocenters. The fourth-order valence-corrected chi connectivity index (χ4v) is 8.48. The number of amidine groups is 1. The lowest BCUT2D eigenvalue weighted by atomic mass is 9.97. The average Bonchev–Trinajstić information content (AvgIpc) is 3.68. The Morgan fingerprint density at radius 1 is 0.441 bits per heavy atom. The highest BCUT2D eigenvalue weighted by atomic mass is 15.1. The highest BCUT2D eigenvalue weighted by molar-refractivity contribution is 6.23. The Balaban J connectivity index is 1.06. The molecule has 0 aliphatic carbocycles. The molecular weight excluding hydrogens is 717 g/mol. The maximum Gasteiger partial charge on any atom is 0.0956 e. The summed E-state index contributed by atoms with van der Waals surface area (Å²) in [6, 6.07) is 74.6. The van der Waals surface area contributed by atoms with E-state index in [2.05, 4.69) is 217 Å². The lowest BCUT2D eigenvalue weighted by molar-refractivity contribution is 1.04. The summed E-state index contributed by atoms with van der Waals surface area (Å²) in [4.78, 5) is 10.6. The van der Waals surface area contributed by atoms with Gasteiger partial charge in [-0.05, 0) is 68.9 Å². The molecule has 0 amide bonds. The van der Waals surface area contributed by atoms with Crippen LogP contribution >= 0.6 is 0 Å². The van der Waals surface area contributed by atoms with E-state index in [1.165, 1.54) is 33.0 Å². The van der Waals surface area contributed by atoms with E-state index in [4.69, 9.17) is 15.3 Å². The monoisotopic (exact) mass is 753 g/mol. The molecule has 8 aromatic carbocycles. The highest BCUT2D eigenvalue weighted by Crippen LogP contribution is 2.42. The largest absolute Gasteiger partial charge is 0.454 e. The second kappa shape index (κ2) is 14.6. The second-order valence-electron chi connectivity index (χ2n) is 15.0. The van der Waals surface area contributed by atoms with Crippen LogP contribution in [-0.4, -0.2) is 15.4 Å².